The highest BCUT2D eigenvalue weighted by Crippen LogP contribution is 2.12. The molecule has 0 bridgehead atoms. The Morgan fingerprint density at radius 3 is 2.94 bits per heavy atom. The Bertz CT molecular complexity index is 465. The van der Waals surface area contributed by atoms with Crippen molar-refractivity contribution in [2.45, 2.75) is 13.3 Å². The first-order valence-corrected chi connectivity index (χ1v) is 5.23. The number of nitrogens with zero attached hydrogens (tertiary/aromatic N) is 1. The highest BCUT2D eigenvalue weighted by atomic mass is 16.5. The van der Waals surface area contributed by atoms with Crippen molar-refractivity contribution < 1.29 is 4.74 Å². The number of nitrogen functional groups attached to an aromatic ring is 1. The van der Waals surface area contributed by atoms with Crippen LogP contribution in [0.25, 0.3) is 0 Å². The van der Waals surface area contributed by atoms with Gasteiger partial charge in [-0.15, -0.1) is 0 Å². The van der Waals surface area contributed by atoms with E-state index in [4.69, 9.17) is 10.5 Å². The van der Waals surface area contributed by atoms with Gasteiger partial charge in [-0.3, -0.25) is 5.10 Å². The number of rotatable bonds is 4. The number of nitrogens with two attached hydrogens (primary N) is 1. The number of aromatic amines is 1. The maximum Gasteiger partial charge on any atom is 0.145 e. The molecule has 0 fully saturated rings. The molecule has 2 aromatic rings. The van der Waals surface area contributed by atoms with Crippen molar-refractivity contribution in [2.75, 3.05) is 12.3 Å². The van der Waals surface area contributed by atoms with Crippen LogP contribution < -0.4 is 10.5 Å². The maximum absolute atomic E-state index is 5.61. The third kappa shape index (κ3) is 2.76. The molecule has 0 aliphatic heterocycles. The Hall–Kier alpha value is -1.97. The van der Waals surface area contributed by atoms with Crippen LogP contribution in [0.3, 0.4) is 0 Å². The Balaban J connectivity index is 1.84. The van der Waals surface area contributed by atoms with Gasteiger partial charge in [-0.25, -0.2) is 0 Å². The zero-order valence-corrected chi connectivity index (χ0v) is 9.23. The number of hydrogen-bond acceptors (Lipinski definition) is 3. The minimum absolute atomic E-state index is 0.519. The molecule has 3 N–H and O–H groups in total. The van der Waals surface area contributed by atoms with Crippen LogP contribution in [-0.2, 0) is 6.42 Å². The Morgan fingerprint density at radius 1 is 1.38 bits per heavy atom. The van der Waals surface area contributed by atoms with E-state index < -0.39 is 0 Å². The minimum atomic E-state index is 0.519. The van der Waals surface area contributed by atoms with Gasteiger partial charge < -0.3 is 10.5 Å². The first-order chi connectivity index (χ1) is 7.74. The number of aryl methyl sites for hydroxylation is 1. The molecule has 4 nitrogen and oxygen atoms in total. The molecule has 1 heterocycles. The molecule has 84 valence electrons. The number of H-pyrrole nitrogens is 1. The molecule has 0 radical (unpaired) electrons. The molecular weight excluding hydrogens is 202 g/mol. The smallest absolute Gasteiger partial charge is 0.145 e. The summed E-state index contributed by atoms with van der Waals surface area (Å²) in [6.45, 7) is 2.66. The average Bonchev–Trinajstić information content (AvgIpc) is 2.64. The van der Waals surface area contributed by atoms with Gasteiger partial charge in [-0.05, 0) is 24.6 Å². The predicted molar refractivity (Wildman–Crippen MR) is 63.4 cm³/mol. The average molecular weight is 217 g/mol. The van der Waals surface area contributed by atoms with Crippen LogP contribution in [0.5, 0.6) is 5.75 Å². The third-order valence-electron chi connectivity index (χ3n) is 2.28. The molecule has 0 spiro atoms. The molecular formula is C12H15N3O. The van der Waals surface area contributed by atoms with Crippen molar-refractivity contribution in [3.63, 3.8) is 0 Å². The zero-order chi connectivity index (χ0) is 11.4. The lowest BCUT2D eigenvalue weighted by Crippen LogP contribution is -2.01. The van der Waals surface area contributed by atoms with Gasteiger partial charge in [0, 0.05) is 18.2 Å². The van der Waals surface area contributed by atoms with Crippen LogP contribution in [0.1, 0.15) is 11.3 Å². The molecule has 1 aromatic heterocycles. The van der Waals surface area contributed by atoms with Crippen molar-refractivity contribution in [1.29, 1.82) is 0 Å². The van der Waals surface area contributed by atoms with Gasteiger partial charge in [0.1, 0.15) is 11.6 Å². The van der Waals surface area contributed by atoms with Crippen LogP contribution in [0, 0.1) is 6.92 Å². The third-order valence-corrected chi connectivity index (χ3v) is 2.28. The number of aromatic nitrogens is 2. The fourth-order valence-electron chi connectivity index (χ4n) is 1.49. The van der Waals surface area contributed by atoms with E-state index in [0.717, 1.165) is 17.9 Å². The molecule has 0 saturated carbocycles. The number of hydrogen-bond donors (Lipinski definition) is 2. The molecule has 2 rings (SSSR count). The molecule has 1 aromatic carbocycles. The summed E-state index contributed by atoms with van der Waals surface area (Å²) in [6, 6.07) is 9.82. The van der Waals surface area contributed by atoms with Crippen LogP contribution in [-0.4, -0.2) is 16.8 Å². The summed E-state index contributed by atoms with van der Waals surface area (Å²) in [4.78, 5) is 0. The Labute approximate surface area is 94.4 Å². The van der Waals surface area contributed by atoms with Gasteiger partial charge in [-0.2, -0.15) is 5.10 Å². The summed E-state index contributed by atoms with van der Waals surface area (Å²) in [5, 5.41) is 6.70. The van der Waals surface area contributed by atoms with Crippen LogP contribution in [0.15, 0.2) is 30.3 Å². The number of ether oxygens (including phenoxy) is 1. The van der Waals surface area contributed by atoms with Gasteiger partial charge in [0.25, 0.3) is 0 Å². The zero-order valence-electron chi connectivity index (χ0n) is 9.23. The van der Waals surface area contributed by atoms with Crippen molar-refractivity contribution in [1.82, 2.24) is 10.2 Å². The van der Waals surface area contributed by atoms with Gasteiger partial charge in [0.2, 0.25) is 0 Å². The van der Waals surface area contributed by atoms with Crippen LogP contribution in [0.4, 0.5) is 5.82 Å². The van der Waals surface area contributed by atoms with Gasteiger partial charge in [-0.1, -0.05) is 12.1 Å². The molecule has 0 amide bonds. The number of anilines is 1. The van der Waals surface area contributed by atoms with E-state index in [1.54, 1.807) is 0 Å². The van der Waals surface area contributed by atoms with Crippen molar-refractivity contribution >= 4 is 5.82 Å². The van der Waals surface area contributed by atoms with E-state index in [9.17, 15) is 0 Å². The monoisotopic (exact) mass is 217 g/mol. The largest absolute Gasteiger partial charge is 0.493 e. The molecule has 16 heavy (non-hydrogen) atoms. The summed E-state index contributed by atoms with van der Waals surface area (Å²) in [5.74, 6) is 1.41. The lowest BCUT2D eigenvalue weighted by atomic mass is 10.2. The maximum atomic E-state index is 5.61. The molecule has 0 saturated heterocycles. The molecule has 0 atom stereocenters. The Kier molecular flexibility index (Phi) is 3.10. The SMILES string of the molecule is Cc1cccc(OCCc2cc(N)n[nH]2)c1. The van der Waals surface area contributed by atoms with Crippen molar-refractivity contribution in [3.8, 4) is 5.75 Å². The minimum Gasteiger partial charge on any atom is -0.493 e. The topological polar surface area (TPSA) is 63.9 Å². The molecule has 0 aliphatic carbocycles. The van der Waals surface area contributed by atoms with Crippen LogP contribution >= 0.6 is 0 Å². The standard InChI is InChI=1S/C12H15N3O/c1-9-3-2-4-11(7-9)16-6-5-10-8-12(13)15-14-10/h2-4,7-8H,5-6H2,1H3,(H3,13,14,15). The van der Waals surface area contributed by atoms with Gasteiger partial charge >= 0.3 is 0 Å². The number of nitrogens with one attached hydrogen (secondary N) is 1. The van der Waals surface area contributed by atoms with Gasteiger partial charge in [0.15, 0.2) is 0 Å². The second kappa shape index (κ2) is 4.70. The summed E-state index contributed by atoms with van der Waals surface area (Å²) in [6.07, 6.45) is 0.776. The fraction of sp³-hybridized carbons (Fsp3) is 0.250. The first-order valence-electron chi connectivity index (χ1n) is 5.23. The quantitative estimate of drug-likeness (QED) is 0.822. The molecule has 0 unspecified atom stereocenters. The van der Waals surface area contributed by atoms with Crippen molar-refractivity contribution in [3.05, 3.63) is 41.6 Å². The van der Waals surface area contributed by atoms with E-state index >= 15 is 0 Å². The lowest BCUT2D eigenvalue weighted by Gasteiger charge is -2.05. The van der Waals surface area contributed by atoms with Crippen LogP contribution in [0.2, 0.25) is 0 Å². The van der Waals surface area contributed by atoms with E-state index in [-0.39, 0.29) is 0 Å². The van der Waals surface area contributed by atoms with Crippen molar-refractivity contribution in [2.24, 2.45) is 0 Å². The van der Waals surface area contributed by atoms with E-state index in [2.05, 4.69) is 10.2 Å². The number of benzene rings is 1. The second-order valence-corrected chi connectivity index (χ2v) is 3.73. The second-order valence-electron chi connectivity index (χ2n) is 3.73. The summed E-state index contributed by atoms with van der Waals surface area (Å²) >= 11 is 0. The summed E-state index contributed by atoms with van der Waals surface area (Å²) < 4.78 is 5.61. The van der Waals surface area contributed by atoms with E-state index in [1.165, 1.54) is 5.56 Å². The highest BCUT2D eigenvalue weighted by molar-refractivity contribution is 5.29. The lowest BCUT2D eigenvalue weighted by molar-refractivity contribution is 0.320. The highest BCUT2D eigenvalue weighted by Gasteiger charge is 1.98. The molecule has 0 aliphatic rings. The predicted octanol–water partition coefficient (Wildman–Crippen LogP) is 1.92. The Morgan fingerprint density at radius 2 is 2.25 bits per heavy atom. The summed E-state index contributed by atoms with van der Waals surface area (Å²) in [7, 11) is 0. The van der Waals surface area contributed by atoms with E-state index in [0.29, 0.717) is 12.4 Å². The van der Waals surface area contributed by atoms with E-state index in [1.807, 2.05) is 37.3 Å². The normalized spacial score (nSPS) is 10.3. The van der Waals surface area contributed by atoms with Gasteiger partial charge in [0.05, 0.1) is 6.61 Å². The first kappa shape index (κ1) is 10.5. The molecule has 4 heteroatoms. The summed E-state index contributed by atoms with van der Waals surface area (Å²) in [5.41, 5.74) is 7.69. The fourth-order valence-corrected chi connectivity index (χ4v) is 1.49.